The Morgan fingerprint density at radius 3 is 2.67 bits per heavy atom. The van der Waals surface area contributed by atoms with Crippen LogP contribution in [0.2, 0.25) is 0 Å². The minimum Gasteiger partial charge on any atom is -0.382 e. The Morgan fingerprint density at radius 2 is 1.97 bits per heavy atom. The van der Waals surface area contributed by atoms with Crippen LogP contribution in [0.25, 0.3) is 22.8 Å². The van der Waals surface area contributed by atoms with E-state index < -0.39 is 5.76 Å². The highest BCUT2D eigenvalue weighted by Gasteiger charge is 2.32. The maximum absolute atomic E-state index is 11.7. The Kier molecular flexibility index (Phi) is 7.57. The van der Waals surface area contributed by atoms with E-state index >= 15 is 0 Å². The summed E-state index contributed by atoms with van der Waals surface area (Å²) in [7, 11) is 1.72. The molecule has 1 unspecified atom stereocenters. The van der Waals surface area contributed by atoms with Crippen molar-refractivity contribution in [3.63, 3.8) is 0 Å². The lowest BCUT2D eigenvalue weighted by atomic mass is 9.80. The number of aromatic amines is 1. The van der Waals surface area contributed by atoms with Gasteiger partial charge in [0, 0.05) is 26.2 Å². The standard InChI is InChI=1S/C27H40N8O4/c1-16-7-9-18(10-8-16)13-35-21-22(28-17(2)19-5-4-6-19)29-24(25-32-27(36)39-33-25)30-23(21)31-26(35)34-11-12-38-15-20(34)14-37-3/h16-20H,4-15H2,1-3H3,(H,28,29,30)(H,32,33,36)/t16?,17-,18?,20?/m1/s1. The maximum Gasteiger partial charge on any atom is 0.439 e. The van der Waals surface area contributed by atoms with E-state index in [0.29, 0.717) is 37.3 Å². The van der Waals surface area contributed by atoms with Gasteiger partial charge in [0.25, 0.3) is 0 Å². The topological polar surface area (TPSA) is 136 Å². The summed E-state index contributed by atoms with van der Waals surface area (Å²) in [4.78, 5) is 31.4. The molecule has 0 aromatic carbocycles. The second-order valence-corrected chi connectivity index (χ2v) is 11.7. The number of rotatable bonds is 9. The molecule has 2 atom stereocenters. The number of fused-ring (bicyclic) bond motifs is 1. The molecule has 0 spiro atoms. The molecule has 39 heavy (non-hydrogen) atoms. The van der Waals surface area contributed by atoms with Gasteiger partial charge in [-0.15, -0.1) is 0 Å². The molecule has 3 aromatic rings. The first-order valence-corrected chi connectivity index (χ1v) is 14.4. The van der Waals surface area contributed by atoms with Crippen molar-refractivity contribution in [3.8, 4) is 11.6 Å². The van der Waals surface area contributed by atoms with E-state index in [1.807, 2.05) is 0 Å². The van der Waals surface area contributed by atoms with Crippen molar-refractivity contribution >= 4 is 22.9 Å². The lowest BCUT2D eigenvalue weighted by Gasteiger charge is -2.37. The van der Waals surface area contributed by atoms with Gasteiger partial charge < -0.3 is 24.3 Å². The number of hydrogen-bond acceptors (Lipinski definition) is 10. The molecule has 2 aliphatic carbocycles. The van der Waals surface area contributed by atoms with Gasteiger partial charge in [-0.1, -0.05) is 31.3 Å². The first kappa shape index (κ1) is 26.2. The summed E-state index contributed by atoms with van der Waals surface area (Å²) in [6.45, 7) is 7.90. The van der Waals surface area contributed by atoms with Crippen LogP contribution < -0.4 is 16.0 Å². The molecule has 0 radical (unpaired) electrons. The van der Waals surface area contributed by atoms with Crippen molar-refractivity contribution in [3.05, 3.63) is 10.6 Å². The SMILES string of the molecule is COCC1COCCN1c1nc2nc(-c3noc(=O)[nH]3)nc(N[C@H](C)C3CCC3)c2n1CC1CCC(C)CC1. The van der Waals surface area contributed by atoms with Crippen molar-refractivity contribution in [1.82, 2.24) is 29.7 Å². The van der Waals surface area contributed by atoms with Gasteiger partial charge in [-0.2, -0.15) is 4.98 Å². The number of morpholine rings is 1. The summed E-state index contributed by atoms with van der Waals surface area (Å²) in [5.74, 6) is 3.37. The third kappa shape index (κ3) is 5.41. The van der Waals surface area contributed by atoms with E-state index in [0.717, 1.165) is 36.3 Å². The van der Waals surface area contributed by atoms with E-state index in [1.54, 1.807) is 7.11 Å². The van der Waals surface area contributed by atoms with E-state index in [-0.39, 0.29) is 23.7 Å². The molecule has 3 aliphatic rings. The maximum atomic E-state index is 11.7. The number of nitrogens with zero attached hydrogens (tertiary/aromatic N) is 6. The number of imidazole rings is 1. The molecule has 4 heterocycles. The van der Waals surface area contributed by atoms with Gasteiger partial charge in [0.05, 0.1) is 25.9 Å². The molecular formula is C27H40N8O4. The van der Waals surface area contributed by atoms with E-state index in [4.69, 9.17) is 28.9 Å². The fourth-order valence-corrected chi connectivity index (χ4v) is 6.24. The predicted octanol–water partition coefficient (Wildman–Crippen LogP) is 3.45. The second-order valence-electron chi connectivity index (χ2n) is 11.7. The van der Waals surface area contributed by atoms with Gasteiger partial charge in [-0.25, -0.2) is 14.8 Å². The molecule has 3 fully saturated rings. The molecule has 12 nitrogen and oxygen atoms in total. The zero-order valence-electron chi connectivity index (χ0n) is 23.2. The lowest BCUT2D eigenvalue weighted by Crippen LogP contribution is -2.49. The molecule has 2 saturated carbocycles. The van der Waals surface area contributed by atoms with Gasteiger partial charge in [0.2, 0.25) is 17.6 Å². The van der Waals surface area contributed by atoms with E-state index in [9.17, 15) is 4.79 Å². The fraction of sp³-hybridized carbons (Fsp3) is 0.741. The van der Waals surface area contributed by atoms with Crippen LogP contribution in [-0.4, -0.2) is 75.2 Å². The Balaban J connectivity index is 1.48. The number of nitrogens with one attached hydrogen (secondary N) is 2. The quantitative estimate of drug-likeness (QED) is 0.415. The highest BCUT2D eigenvalue weighted by molar-refractivity contribution is 5.87. The van der Waals surface area contributed by atoms with Crippen LogP contribution in [0.15, 0.2) is 9.32 Å². The molecule has 0 bridgehead atoms. The summed E-state index contributed by atoms with van der Waals surface area (Å²) in [6.07, 6.45) is 8.59. The largest absolute Gasteiger partial charge is 0.439 e. The second kappa shape index (κ2) is 11.2. The summed E-state index contributed by atoms with van der Waals surface area (Å²) < 4.78 is 18.5. The monoisotopic (exact) mass is 540 g/mol. The first-order chi connectivity index (χ1) is 19.0. The number of ether oxygens (including phenoxy) is 2. The summed E-state index contributed by atoms with van der Waals surface area (Å²) in [5, 5.41) is 7.57. The zero-order chi connectivity index (χ0) is 26.9. The highest BCUT2D eigenvalue weighted by Crippen LogP contribution is 2.37. The summed E-state index contributed by atoms with van der Waals surface area (Å²) in [5.41, 5.74) is 1.47. The Labute approximate surface area is 227 Å². The average Bonchev–Trinajstić information content (AvgIpc) is 3.48. The lowest BCUT2D eigenvalue weighted by molar-refractivity contribution is 0.0589. The number of hydrogen-bond donors (Lipinski definition) is 2. The summed E-state index contributed by atoms with van der Waals surface area (Å²) >= 11 is 0. The Morgan fingerprint density at radius 1 is 1.15 bits per heavy atom. The van der Waals surface area contributed by atoms with Crippen LogP contribution in [-0.2, 0) is 16.0 Å². The first-order valence-electron chi connectivity index (χ1n) is 14.4. The zero-order valence-corrected chi connectivity index (χ0v) is 23.2. The van der Waals surface area contributed by atoms with Crippen LogP contribution in [0.3, 0.4) is 0 Å². The Hall–Kier alpha value is -2.99. The van der Waals surface area contributed by atoms with Crippen molar-refractivity contribution in [1.29, 1.82) is 0 Å². The van der Waals surface area contributed by atoms with Crippen molar-refractivity contribution < 1.29 is 14.0 Å². The fourth-order valence-electron chi connectivity index (χ4n) is 6.24. The molecule has 1 aliphatic heterocycles. The number of aromatic nitrogens is 6. The third-order valence-corrected chi connectivity index (χ3v) is 8.88. The number of H-pyrrole nitrogens is 1. The Bertz CT molecular complexity index is 1320. The summed E-state index contributed by atoms with van der Waals surface area (Å²) in [6, 6.07) is 0.295. The molecule has 6 rings (SSSR count). The van der Waals surface area contributed by atoms with Gasteiger partial charge in [-0.3, -0.25) is 9.51 Å². The minimum atomic E-state index is -0.639. The van der Waals surface area contributed by atoms with Crippen molar-refractivity contribution in [2.24, 2.45) is 17.8 Å². The van der Waals surface area contributed by atoms with Crippen LogP contribution in [0.1, 0.15) is 58.8 Å². The molecule has 1 saturated heterocycles. The highest BCUT2D eigenvalue weighted by atomic mass is 16.5. The normalized spacial score (nSPS) is 25.1. The minimum absolute atomic E-state index is 0.0512. The molecule has 3 aromatic heterocycles. The van der Waals surface area contributed by atoms with Gasteiger partial charge >= 0.3 is 5.76 Å². The predicted molar refractivity (Wildman–Crippen MR) is 147 cm³/mol. The average molecular weight is 541 g/mol. The van der Waals surface area contributed by atoms with Crippen LogP contribution in [0, 0.1) is 17.8 Å². The molecular weight excluding hydrogens is 500 g/mol. The number of methoxy groups -OCH3 is 1. The van der Waals surface area contributed by atoms with E-state index in [2.05, 4.69) is 38.8 Å². The van der Waals surface area contributed by atoms with Gasteiger partial charge in [-0.05, 0) is 50.4 Å². The molecule has 12 heteroatoms. The van der Waals surface area contributed by atoms with Crippen LogP contribution >= 0.6 is 0 Å². The number of anilines is 2. The molecule has 212 valence electrons. The van der Waals surface area contributed by atoms with E-state index in [1.165, 1.54) is 44.9 Å². The van der Waals surface area contributed by atoms with Gasteiger partial charge in [0.15, 0.2) is 11.5 Å². The van der Waals surface area contributed by atoms with Crippen LogP contribution in [0.5, 0.6) is 0 Å². The smallest absolute Gasteiger partial charge is 0.382 e. The van der Waals surface area contributed by atoms with Gasteiger partial charge in [0.1, 0.15) is 5.52 Å². The van der Waals surface area contributed by atoms with Crippen molar-refractivity contribution in [2.75, 3.05) is 43.7 Å². The molecule has 2 N–H and O–H groups in total. The molecule has 0 amide bonds. The van der Waals surface area contributed by atoms with Crippen molar-refractivity contribution in [2.45, 2.75) is 77.4 Å². The third-order valence-electron chi connectivity index (χ3n) is 8.88. The van der Waals surface area contributed by atoms with Crippen LogP contribution in [0.4, 0.5) is 11.8 Å².